The minimum absolute atomic E-state index is 0.495. The lowest BCUT2D eigenvalue weighted by atomic mass is 10.2. The number of guanidine groups is 1. The average Bonchev–Trinajstić information content (AvgIpc) is 3.00. The van der Waals surface area contributed by atoms with E-state index in [1.165, 1.54) is 5.56 Å². The molecule has 7 nitrogen and oxygen atoms in total. The van der Waals surface area contributed by atoms with E-state index >= 15 is 0 Å². The number of hydrogen-bond donors (Lipinski definition) is 1. The van der Waals surface area contributed by atoms with E-state index in [2.05, 4.69) is 38.8 Å². The second-order valence-corrected chi connectivity index (χ2v) is 7.33. The molecule has 0 fully saturated rings. The van der Waals surface area contributed by atoms with Crippen molar-refractivity contribution < 1.29 is 4.74 Å². The molecule has 1 aromatic carbocycles. The van der Waals surface area contributed by atoms with Crippen LogP contribution in [0.1, 0.15) is 23.6 Å². The summed E-state index contributed by atoms with van der Waals surface area (Å²) in [5, 5.41) is 11.8. The van der Waals surface area contributed by atoms with Gasteiger partial charge in [0.1, 0.15) is 18.1 Å². The predicted molar refractivity (Wildman–Crippen MR) is 112 cm³/mol. The first kappa shape index (κ1) is 21.1. The Kier molecular flexibility index (Phi) is 8.44. The van der Waals surface area contributed by atoms with Crippen molar-refractivity contribution in [3.8, 4) is 5.75 Å². The number of benzene rings is 1. The summed E-state index contributed by atoms with van der Waals surface area (Å²) in [4.78, 5) is 6.90. The van der Waals surface area contributed by atoms with Crippen LogP contribution in [0.5, 0.6) is 5.75 Å². The number of ether oxygens (including phenoxy) is 1. The maximum Gasteiger partial charge on any atom is 0.194 e. The van der Waals surface area contributed by atoms with Gasteiger partial charge in [0.25, 0.3) is 0 Å². The van der Waals surface area contributed by atoms with Gasteiger partial charge in [0.05, 0.1) is 7.11 Å². The van der Waals surface area contributed by atoms with Crippen molar-refractivity contribution in [3.63, 3.8) is 0 Å². The van der Waals surface area contributed by atoms with Gasteiger partial charge >= 0.3 is 0 Å². The molecule has 0 aliphatic heterocycles. The Labute approximate surface area is 166 Å². The van der Waals surface area contributed by atoms with Crippen LogP contribution in [0.25, 0.3) is 0 Å². The fraction of sp³-hybridized carbons (Fsp3) is 0.526. The van der Waals surface area contributed by atoms with E-state index in [9.17, 15) is 0 Å². The largest absolute Gasteiger partial charge is 0.497 e. The van der Waals surface area contributed by atoms with Crippen molar-refractivity contribution in [1.29, 1.82) is 0 Å². The summed E-state index contributed by atoms with van der Waals surface area (Å²) in [5.41, 5.74) is 1.20. The van der Waals surface area contributed by atoms with Gasteiger partial charge in [-0.05, 0) is 43.0 Å². The molecule has 0 radical (unpaired) electrons. The summed E-state index contributed by atoms with van der Waals surface area (Å²) in [5.74, 6) is 4.61. The van der Waals surface area contributed by atoms with Gasteiger partial charge in [-0.25, -0.2) is 4.99 Å². The van der Waals surface area contributed by atoms with Crippen LogP contribution in [-0.4, -0.2) is 58.3 Å². The van der Waals surface area contributed by atoms with Crippen molar-refractivity contribution in [3.05, 3.63) is 41.5 Å². The first-order valence-electron chi connectivity index (χ1n) is 9.01. The van der Waals surface area contributed by atoms with E-state index in [1.807, 2.05) is 49.5 Å². The minimum Gasteiger partial charge on any atom is -0.497 e. The van der Waals surface area contributed by atoms with E-state index in [0.717, 1.165) is 48.6 Å². The number of nitrogens with one attached hydrogen (secondary N) is 1. The molecule has 0 amide bonds. The van der Waals surface area contributed by atoms with Gasteiger partial charge in [-0.3, -0.25) is 0 Å². The second kappa shape index (κ2) is 10.8. The Balaban J connectivity index is 2.06. The van der Waals surface area contributed by atoms with E-state index in [-0.39, 0.29) is 0 Å². The van der Waals surface area contributed by atoms with E-state index < -0.39 is 0 Å². The van der Waals surface area contributed by atoms with Gasteiger partial charge in [-0.15, -0.1) is 10.2 Å². The van der Waals surface area contributed by atoms with Crippen LogP contribution in [0.4, 0.5) is 0 Å². The maximum atomic E-state index is 5.23. The van der Waals surface area contributed by atoms with Gasteiger partial charge in [0.2, 0.25) is 0 Å². The minimum atomic E-state index is 0.495. The molecule has 1 heterocycles. The summed E-state index contributed by atoms with van der Waals surface area (Å²) >= 11 is 1.86. The highest BCUT2D eigenvalue weighted by Crippen LogP contribution is 2.12. The van der Waals surface area contributed by atoms with E-state index in [0.29, 0.717) is 6.54 Å². The third-order valence-corrected chi connectivity index (χ3v) is 5.00. The highest BCUT2D eigenvalue weighted by molar-refractivity contribution is 7.98. The predicted octanol–water partition coefficient (Wildman–Crippen LogP) is 2.46. The molecule has 1 aromatic heterocycles. The molecule has 0 saturated carbocycles. The second-order valence-electron chi connectivity index (χ2n) is 6.34. The molecular formula is C19H30N6OS. The van der Waals surface area contributed by atoms with Gasteiger partial charge < -0.3 is 19.5 Å². The van der Waals surface area contributed by atoms with Gasteiger partial charge in [0.15, 0.2) is 11.8 Å². The van der Waals surface area contributed by atoms with Crippen LogP contribution in [0.2, 0.25) is 0 Å². The van der Waals surface area contributed by atoms with Crippen molar-refractivity contribution in [2.45, 2.75) is 26.4 Å². The average molecular weight is 391 g/mol. The quantitative estimate of drug-likeness (QED) is 0.403. The van der Waals surface area contributed by atoms with Gasteiger partial charge in [0, 0.05) is 27.2 Å². The highest BCUT2D eigenvalue weighted by Gasteiger charge is 2.09. The van der Waals surface area contributed by atoms with Crippen LogP contribution in [-0.2, 0) is 20.1 Å². The molecule has 0 unspecified atom stereocenters. The SMILES string of the molecule is COc1ccc(CN(C)C(=NCc2nnc(C)n2C)NCCCSC)cc1. The molecule has 0 aliphatic carbocycles. The number of aliphatic imine (C=N–C) groups is 1. The van der Waals surface area contributed by atoms with Crippen LogP contribution in [0.15, 0.2) is 29.3 Å². The smallest absolute Gasteiger partial charge is 0.194 e. The third kappa shape index (κ3) is 6.46. The molecule has 148 valence electrons. The monoisotopic (exact) mass is 390 g/mol. The fourth-order valence-corrected chi connectivity index (χ4v) is 2.98. The molecule has 0 atom stereocenters. The van der Waals surface area contributed by atoms with Crippen molar-refractivity contribution in [2.75, 3.05) is 32.7 Å². The molecule has 8 heteroatoms. The molecule has 0 saturated heterocycles. The van der Waals surface area contributed by atoms with Crippen LogP contribution < -0.4 is 10.1 Å². The van der Waals surface area contributed by atoms with Gasteiger partial charge in [-0.2, -0.15) is 11.8 Å². The van der Waals surface area contributed by atoms with Crippen LogP contribution in [0, 0.1) is 6.92 Å². The molecule has 0 spiro atoms. The molecule has 0 aliphatic rings. The molecule has 2 rings (SSSR count). The lowest BCUT2D eigenvalue weighted by molar-refractivity contribution is 0.414. The summed E-state index contributed by atoms with van der Waals surface area (Å²) in [7, 11) is 5.69. The number of nitrogens with zero attached hydrogens (tertiary/aromatic N) is 5. The Hall–Kier alpha value is -2.22. The van der Waals surface area contributed by atoms with E-state index in [1.54, 1.807) is 7.11 Å². The first-order valence-corrected chi connectivity index (χ1v) is 10.4. The third-order valence-electron chi connectivity index (χ3n) is 4.30. The highest BCUT2D eigenvalue weighted by atomic mass is 32.2. The summed E-state index contributed by atoms with van der Waals surface area (Å²) in [6, 6.07) is 8.11. The molecular weight excluding hydrogens is 360 g/mol. The lowest BCUT2D eigenvalue weighted by Crippen LogP contribution is -2.39. The molecule has 0 bridgehead atoms. The molecule has 2 aromatic rings. The number of aryl methyl sites for hydroxylation is 1. The van der Waals surface area contributed by atoms with Crippen LogP contribution >= 0.6 is 11.8 Å². The topological polar surface area (TPSA) is 67.6 Å². The number of methoxy groups -OCH3 is 1. The number of thioether (sulfide) groups is 1. The zero-order chi connectivity index (χ0) is 19.6. The summed E-state index contributed by atoms with van der Waals surface area (Å²) in [6.07, 6.45) is 3.22. The normalized spacial score (nSPS) is 11.5. The Morgan fingerprint density at radius 3 is 2.63 bits per heavy atom. The van der Waals surface area contributed by atoms with Crippen LogP contribution in [0.3, 0.4) is 0 Å². The molecule has 1 N–H and O–H groups in total. The van der Waals surface area contributed by atoms with Crippen molar-refractivity contribution in [1.82, 2.24) is 25.0 Å². The fourth-order valence-electron chi connectivity index (χ4n) is 2.54. The number of hydrogen-bond acceptors (Lipinski definition) is 5. The Bertz CT molecular complexity index is 728. The standard InChI is InChI=1S/C19H30N6OS/c1-15-22-23-18(25(15)3)13-21-19(20-11-6-12-27-5)24(2)14-16-7-9-17(26-4)10-8-16/h7-10H,6,11-14H2,1-5H3,(H,20,21). The van der Waals surface area contributed by atoms with Gasteiger partial charge in [-0.1, -0.05) is 12.1 Å². The van der Waals surface area contributed by atoms with Crippen molar-refractivity contribution in [2.24, 2.45) is 12.0 Å². The number of rotatable bonds is 9. The number of aromatic nitrogens is 3. The zero-order valence-corrected chi connectivity index (χ0v) is 17.7. The first-order chi connectivity index (χ1) is 13.0. The van der Waals surface area contributed by atoms with Crippen molar-refractivity contribution >= 4 is 17.7 Å². The zero-order valence-electron chi connectivity index (χ0n) is 16.9. The molecule has 27 heavy (non-hydrogen) atoms. The van der Waals surface area contributed by atoms with E-state index in [4.69, 9.17) is 9.73 Å². The maximum absolute atomic E-state index is 5.23. The lowest BCUT2D eigenvalue weighted by Gasteiger charge is -2.23. The Morgan fingerprint density at radius 2 is 2.04 bits per heavy atom. The summed E-state index contributed by atoms with van der Waals surface area (Å²) < 4.78 is 7.20. The summed E-state index contributed by atoms with van der Waals surface area (Å²) in [6.45, 7) is 4.09. The Morgan fingerprint density at radius 1 is 1.30 bits per heavy atom.